The lowest BCUT2D eigenvalue weighted by molar-refractivity contribution is 0.101. The number of aliphatic imine (C=N–C) groups is 1. The largest absolute Gasteiger partial charge is 0.398 e. The summed E-state index contributed by atoms with van der Waals surface area (Å²) in [5.74, 6) is -3.05. The molecule has 7 nitrogen and oxygen atoms in total. The Hall–Kier alpha value is -4.27. The molecule has 164 valence electrons. The van der Waals surface area contributed by atoms with Gasteiger partial charge in [-0.25, -0.2) is 8.78 Å². The number of hydrogen-bond donors (Lipinski definition) is 5. The van der Waals surface area contributed by atoms with Gasteiger partial charge in [0.15, 0.2) is 0 Å². The molecule has 0 atom stereocenters. The van der Waals surface area contributed by atoms with Gasteiger partial charge in [0.1, 0.15) is 23.0 Å². The Kier molecular flexibility index (Phi) is 6.79. The van der Waals surface area contributed by atoms with Gasteiger partial charge in [-0.15, -0.1) is 0 Å². The Morgan fingerprint density at radius 1 is 1.16 bits per heavy atom. The Morgan fingerprint density at radius 3 is 2.53 bits per heavy atom. The number of amides is 1. The van der Waals surface area contributed by atoms with Crippen LogP contribution in [0.1, 0.15) is 27.0 Å². The molecule has 0 bridgehead atoms. The molecule has 0 unspecified atom stereocenters. The number of nitrogens with one attached hydrogen (secondary N) is 3. The number of anilines is 3. The van der Waals surface area contributed by atoms with Crippen LogP contribution in [-0.2, 0) is 6.54 Å². The first-order valence-electron chi connectivity index (χ1n) is 9.61. The maximum absolute atomic E-state index is 14.7. The minimum atomic E-state index is -1.14. The van der Waals surface area contributed by atoms with Crippen LogP contribution in [0, 0.1) is 17.0 Å². The highest BCUT2D eigenvalue weighted by atomic mass is 19.1. The average Bonchev–Trinajstić information content (AvgIpc) is 2.79. The summed E-state index contributed by atoms with van der Waals surface area (Å²) in [6.45, 7) is 0.337. The second kappa shape index (κ2) is 9.69. The molecule has 0 aliphatic rings. The first-order valence-corrected chi connectivity index (χ1v) is 9.61. The van der Waals surface area contributed by atoms with Crippen molar-refractivity contribution in [3.8, 4) is 0 Å². The maximum Gasteiger partial charge on any atom is 0.261 e. The molecule has 3 aromatic carbocycles. The summed E-state index contributed by atoms with van der Waals surface area (Å²) >= 11 is 0. The number of halogens is 2. The highest BCUT2D eigenvalue weighted by Crippen LogP contribution is 2.25. The number of hydrogen-bond acceptors (Lipinski definition) is 5. The molecule has 1 amide bonds. The lowest BCUT2D eigenvalue weighted by Gasteiger charge is -2.13. The van der Waals surface area contributed by atoms with Crippen molar-refractivity contribution >= 4 is 35.0 Å². The number of amidine groups is 1. The van der Waals surface area contributed by atoms with Gasteiger partial charge in [-0.1, -0.05) is 30.3 Å². The van der Waals surface area contributed by atoms with Crippen LogP contribution >= 0.6 is 0 Å². The number of carbonyl (C=O) groups is 1. The van der Waals surface area contributed by atoms with E-state index in [1.807, 2.05) is 30.3 Å². The van der Waals surface area contributed by atoms with Crippen molar-refractivity contribution in [1.82, 2.24) is 0 Å². The van der Waals surface area contributed by atoms with Gasteiger partial charge < -0.3 is 27.5 Å². The standard InChI is InChI=1S/C23H22F2N6O/c1-29-19-10-17(24)20(21(25)16(19)11-26)23(32)31-14-7-8-18(27)15(9-14)22(28)30-12-13-5-3-2-4-6-13/h2-11,26,29H,12,27H2,1H3,(H2,28,30)(H,31,32). The van der Waals surface area contributed by atoms with E-state index in [0.29, 0.717) is 24.0 Å². The number of benzene rings is 3. The molecule has 32 heavy (non-hydrogen) atoms. The zero-order chi connectivity index (χ0) is 23.3. The van der Waals surface area contributed by atoms with Crippen LogP contribution in [0.3, 0.4) is 0 Å². The van der Waals surface area contributed by atoms with E-state index < -0.39 is 23.1 Å². The van der Waals surface area contributed by atoms with E-state index >= 15 is 0 Å². The number of carbonyl (C=O) groups excluding carboxylic acids is 1. The van der Waals surface area contributed by atoms with Crippen molar-refractivity contribution < 1.29 is 13.6 Å². The third-order valence-corrected chi connectivity index (χ3v) is 4.76. The Morgan fingerprint density at radius 2 is 1.88 bits per heavy atom. The molecule has 7 N–H and O–H groups in total. The van der Waals surface area contributed by atoms with Crippen molar-refractivity contribution in [2.45, 2.75) is 6.54 Å². The van der Waals surface area contributed by atoms with Crippen molar-refractivity contribution in [2.24, 2.45) is 10.7 Å². The Labute approximate surface area is 183 Å². The van der Waals surface area contributed by atoms with Gasteiger partial charge in [-0.05, 0) is 29.8 Å². The molecule has 0 aliphatic carbocycles. The molecule has 3 rings (SSSR count). The minimum Gasteiger partial charge on any atom is -0.398 e. The monoisotopic (exact) mass is 436 g/mol. The fourth-order valence-corrected chi connectivity index (χ4v) is 3.08. The van der Waals surface area contributed by atoms with Gasteiger partial charge in [0, 0.05) is 35.9 Å². The van der Waals surface area contributed by atoms with Crippen molar-refractivity contribution in [3.05, 3.63) is 88.5 Å². The van der Waals surface area contributed by atoms with Crippen molar-refractivity contribution in [3.63, 3.8) is 0 Å². The molecule has 0 aromatic heterocycles. The van der Waals surface area contributed by atoms with E-state index in [-0.39, 0.29) is 22.8 Å². The van der Waals surface area contributed by atoms with Crippen LogP contribution in [0.5, 0.6) is 0 Å². The highest BCUT2D eigenvalue weighted by molar-refractivity contribution is 6.08. The van der Waals surface area contributed by atoms with Crippen molar-refractivity contribution in [2.75, 3.05) is 23.4 Å². The number of nitrogen functional groups attached to an aromatic ring is 1. The van der Waals surface area contributed by atoms with Crippen LogP contribution < -0.4 is 22.1 Å². The lowest BCUT2D eigenvalue weighted by Crippen LogP contribution is -2.19. The van der Waals surface area contributed by atoms with Crippen molar-refractivity contribution in [1.29, 1.82) is 5.41 Å². The molecule has 0 saturated heterocycles. The zero-order valence-corrected chi connectivity index (χ0v) is 17.2. The van der Waals surface area contributed by atoms with E-state index in [4.69, 9.17) is 16.9 Å². The van der Waals surface area contributed by atoms with Gasteiger partial charge >= 0.3 is 0 Å². The fraction of sp³-hybridized carbons (Fsp3) is 0.0870. The minimum absolute atomic E-state index is 0.0590. The maximum atomic E-state index is 14.7. The quantitative estimate of drug-likeness (QED) is 0.219. The van der Waals surface area contributed by atoms with E-state index in [9.17, 15) is 13.6 Å². The third kappa shape index (κ3) is 4.72. The van der Waals surface area contributed by atoms with Gasteiger partial charge in [-0.2, -0.15) is 0 Å². The summed E-state index contributed by atoms with van der Waals surface area (Å²) in [5.41, 5.74) is 13.0. The topological polar surface area (TPSA) is 129 Å². The van der Waals surface area contributed by atoms with E-state index in [0.717, 1.165) is 11.6 Å². The van der Waals surface area contributed by atoms with E-state index in [2.05, 4.69) is 15.6 Å². The fourth-order valence-electron chi connectivity index (χ4n) is 3.08. The molecule has 0 heterocycles. The molecule has 0 saturated carbocycles. The first-order chi connectivity index (χ1) is 15.3. The molecule has 9 heteroatoms. The SMILES string of the molecule is CNc1cc(F)c(C(=O)Nc2ccc(N)c(C(N)=NCc3ccccc3)c2)c(F)c1C=N. The molecule has 0 aliphatic heterocycles. The van der Waals surface area contributed by atoms with Crippen LogP contribution in [0.4, 0.5) is 25.8 Å². The highest BCUT2D eigenvalue weighted by Gasteiger charge is 2.23. The summed E-state index contributed by atoms with van der Waals surface area (Å²) < 4.78 is 29.1. The van der Waals surface area contributed by atoms with Gasteiger partial charge in [0.05, 0.1) is 12.1 Å². The predicted molar refractivity (Wildman–Crippen MR) is 123 cm³/mol. The normalized spacial score (nSPS) is 11.2. The van der Waals surface area contributed by atoms with Crippen LogP contribution in [0.2, 0.25) is 0 Å². The predicted octanol–water partition coefficient (Wildman–Crippen LogP) is 3.74. The first kappa shape index (κ1) is 22.4. The molecule has 3 aromatic rings. The van der Waals surface area contributed by atoms with Gasteiger partial charge in [0.2, 0.25) is 0 Å². The number of nitrogens with zero attached hydrogens (tertiary/aromatic N) is 1. The Balaban J connectivity index is 1.88. The lowest BCUT2D eigenvalue weighted by atomic mass is 10.1. The van der Waals surface area contributed by atoms with Crippen LogP contribution in [0.25, 0.3) is 0 Å². The number of rotatable bonds is 7. The summed E-state index contributed by atoms with van der Waals surface area (Å²) in [4.78, 5) is 16.9. The second-order valence-electron chi connectivity index (χ2n) is 6.85. The van der Waals surface area contributed by atoms with Crippen LogP contribution in [-0.4, -0.2) is 25.0 Å². The molecule has 0 fully saturated rings. The third-order valence-electron chi connectivity index (χ3n) is 4.76. The van der Waals surface area contributed by atoms with Crippen LogP contribution in [0.15, 0.2) is 59.6 Å². The smallest absolute Gasteiger partial charge is 0.261 e. The van der Waals surface area contributed by atoms with Gasteiger partial charge in [0.25, 0.3) is 5.91 Å². The summed E-state index contributed by atoms with van der Waals surface area (Å²) in [6, 6.07) is 14.9. The Bertz CT molecular complexity index is 1190. The average molecular weight is 436 g/mol. The van der Waals surface area contributed by atoms with Gasteiger partial charge in [-0.3, -0.25) is 9.79 Å². The summed E-state index contributed by atoms with van der Waals surface area (Å²) in [5, 5.41) is 12.4. The molecule has 0 spiro atoms. The molecular weight excluding hydrogens is 414 g/mol. The zero-order valence-electron chi connectivity index (χ0n) is 17.2. The molecular formula is C23H22F2N6O. The molecule has 0 radical (unpaired) electrons. The second-order valence-corrected chi connectivity index (χ2v) is 6.85. The van der Waals surface area contributed by atoms with E-state index in [1.54, 1.807) is 0 Å². The summed E-state index contributed by atoms with van der Waals surface area (Å²) in [6.07, 6.45) is 0.711. The van der Waals surface area contributed by atoms with E-state index in [1.165, 1.54) is 25.2 Å². The summed E-state index contributed by atoms with van der Waals surface area (Å²) in [7, 11) is 1.46. The number of nitrogens with two attached hydrogens (primary N) is 2.